The van der Waals surface area contributed by atoms with Gasteiger partial charge >= 0.3 is 0 Å². The molecule has 0 aromatic heterocycles. The van der Waals surface area contributed by atoms with E-state index in [-0.39, 0.29) is 0 Å². The minimum atomic E-state index is 0.713. The number of alkyl halides is 1. The lowest BCUT2D eigenvalue weighted by atomic mass is 10.1. The van der Waals surface area contributed by atoms with Gasteiger partial charge in [0.2, 0.25) is 0 Å². The average molecular weight is 465 g/mol. The predicted molar refractivity (Wildman–Crippen MR) is 112 cm³/mol. The zero-order valence-corrected chi connectivity index (χ0v) is 16.5. The fraction of sp³-hybridized carbons (Fsp3) is 0.143. The van der Waals surface area contributed by atoms with Crippen molar-refractivity contribution in [1.29, 1.82) is 0 Å². The van der Waals surface area contributed by atoms with Gasteiger partial charge in [-0.2, -0.15) is 0 Å². The van der Waals surface area contributed by atoms with Crippen LogP contribution < -0.4 is 9.47 Å². The largest absolute Gasteiger partial charge is 0.457 e. The molecule has 4 heteroatoms. The van der Waals surface area contributed by atoms with Gasteiger partial charge in [-0.15, -0.1) is 0 Å². The predicted octanol–water partition coefficient (Wildman–Crippen LogP) is 7.29. The van der Waals surface area contributed by atoms with E-state index in [4.69, 9.17) is 21.1 Å². The van der Waals surface area contributed by atoms with Gasteiger partial charge in [0.05, 0.1) is 0 Å². The quantitative estimate of drug-likeness (QED) is 0.270. The summed E-state index contributed by atoms with van der Waals surface area (Å²) in [5.41, 5.74) is 1.16. The van der Waals surface area contributed by atoms with E-state index in [9.17, 15) is 0 Å². The third kappa shape index (κ3) is 5.38. The Morgan fingerprint density at radius 2 is 1.36 bits per heavy atom. The van der Waals surface area contributed by atoms with Gasteiger partial charge in [0, 0.05) is 11.1 Å². The van der Waals surface area contributed by atoms with E-state index in [0.717, 1.165) is 45.1 Å². The van der Waals surface area contributed by atoms with Crippen LogP contribution in [0, 0.1) is 0 Å². The molecule has 25 heavy (non-hydrogen) atoms. The number of para-hydroxylation sites is 1. The Labute approximate surface area is 166 Å². The van der Waals surface area contributed by atoms with Crippen molar-refractivity contribution >= 4 is 34.2 Å². The summed E-state index contributed by atoms with van der Waals surface area (Å²) in [6.07, 6.45) is 2.11. The third-order valence-electron chi connectivity index (χ3n) is 3.62. The van der Waals surface area contributed by atoms with E-state index in [1.54, 1.807) is 0 Å². The van der Waals surface area contributed by atoms with E-state index in [1.165, 1.54) is 0 Å². The molecular weight excluding hydrogens is 447 g/mol. The Morgan fingerprint density at radius 1 is 0.720 bits per heavy atom. The lowest BCUT2D eigenvalue weighted by Crippen LogP contribution is -1.90. The van der Waals surface area contributed by atoms with E-state index >= 15 is 0 Å². The zero-order valence-electron chi connectivity index (χ0n) is 13.6. The lowest BCUT2D eigenvalue weighted by Gasteiger charge is -2.10. The summed E-state index contributed by atoms with van der Waals surface area (Å²) in [4.78, 5) is 0. The highest BCUT2D eigenvalue weighted by molar-refractivity contribution is 14.1. The highest BCUT2D eigenvalue weighted by Gasteiger charge is 2.05. The first-order chi connectivity index (χ1) is 12.2. The van der Waals surface area contributed by atoms with Gasteiger partial charge in [0.15, 0.2) is 0 Å². The van der Waals surface area contributed by atoms with Crippen LogP contribution in [0.3, 0.4) is 0 Å². The topological polar surface area (TPSA) is 18.5 Å². The van der Waals surface area contributed by atoms with Gasteiger partial charge in [-0.3, -0.25) is 0 Å². The second-order valence-corrected chi connectivity index (χ2v) is 7.02. The summed E-state index contributed by atoms with van der Waals surface area (Å²) in [7, 11) is 0. The van der Waals surface area contributed by atoms with Gasteiger partial charge in [-0.1, -0.05) is 64.5 Å². The summed E-state index contributed by atoms with van der Waals surface area (Å²) >= 11 is 8.74. The molecule has 0 saturated carbocycles. The molecule has 0 spiro atoms. The van der Waals surface area contributed by atoms with Crippen molar-refractivity contribution in [1.82, 2.24) is 0 Å². The normalized spacial score (nSPS) is 10.5. The molecule has 2 nitrogen and oxygen atoms in total. The van der Waals surface area contributed by atoms with Crippen LogP contribution in [0.4, 0.5) is 0 Å². The van der Waals surface area contributed by atoms with E-state index in [1.807, 2.05) is 72.8 Å². The zero-order chi connectivity index (χ0) is 17.5. The van der Waals surface area contributed by atoms with Crippen LogP contribution in [0.2, 0.25) is 5.02 Å². The molecule has 0 aliphatic rings. The number of benzene rings is 3. The van der Waals surface area contributed by atoms with E-state index in [2.05, 4.69) is 22.6 Å². The number of hydrogen-bond acceptors (Lipinski definition) is 2. The number of ether oxygens (including phenoxy) is 2. The average Bonchev–Trinajstić information content (AvgIpc) is 2.62. The molecule has 0 aliphatic carbocycles. The van der Waals surface area contributed by atoms with Crippen molar-refractivity contribution in [2.45, 2.75) is 12.8 Å². The first-order valence-electron chi connectivity index (χ1n) is 8.10. The number of aryl methyl sites for hydroxylation is 1. The summed E-state index contributed by atoms with van der Waals surface area (Å²) in [6, 6.07) is 23.1. The van der Waals surface area contributed by atoms with E-state index in [0.29, 0.717) is 5.75 Å². The fourth-order valence-corrected chi connectivity index (χ4v) is 3.06. The molecule has 3 aromatic rings. The summed E-state index contributed by atoms with van der Waals surface area (Å²) in [5, 5.41) is 0.749. The first kappa shape index (κ1) is 18.1. The minimum absolute atomic E-state index is 0.713. The summed E-state index contributed by atoms with van der Waals surface area (Å²) < 4.78 is 12.9. The van der Waals surface area contributed by atoms with Crippen molar-refractivity contribution in [3.63, 3.8) is 0 Å². The maximum atomic E-state index is 6.36. The van der Waals surface area contributed by atoms with Crippen molar-refractivity contribution in [2.75, 3.05) is 4.43 Å². The van der Waals surface area contributed by atoms with Crippen LogP contribution in [-0.4, -0.2) is 4.43 Å². The van der Waals surface area contributed by atoms with Crippen molar-refractivity contribution in [2.24, 2.45) is 0 Å². The third-order valence-corrected chi connectivity index (χ3v) is 4.74. The van der Waals surface area contributed by atoms with Gasteiger partial charge in [-0.05, 0) is 59.2 Å². The number of halogens is 2. The molecule has 0 aliphatic heterocycles. The molecule has 128 valence electrons. The Bertz CT molecular complexity index is 821. The molecule has 0 fully saturated rings. The minimum Gasteiger partial charge on any atom is -0.457 e. The molecule has 0 amide bonds. The number of rotatable bonds is 7. The van der Waals surface area contributed by atoms with Gasteiger partial charge in [-0.25, -0.2) is 0 Å². The summed E-state index contributed by atoms with van der Waals surface area (Å²) in [6.45, 7) is 0. The second-order valence-electron chi connectivity index (χ2n) is 5.54. The monoisotopic (exact) mass is 464 g/mol. The smallest absolute Gasteiger partial charge is 0.131 e. The van der Waals surface area contributed by atoms with Gasteiger partial charge in [0.1, 0.15) is 23.0 Å². The Kier molecular flexibility index (Phi) is 6.59. The Hall–Kier alpha value is -1.72. The first-order valence-corrected chi connectivity index (χ1v) is 10.00. The standard InChI is InChI=1S/C21H18ClIO2/c22-21-15-20(12-11-16(21)6-5-13-23)25-19-10-4-9-18(14-19)24-17-7-2-1-3-8-17/h1-4,7-12,14-15H,5-6,13H2. The van der Waals surface area contributed by atoms with Crippen LogP contribution in [0.25, 0.3) is 0 Å². The molecule has 0 saturated heterocycles. The van der Waals surface area contributed by atoms with Gasteiger partial charge in [0.25, 0.3) is 0 Å². The molecule has 0 unspecified atom stereocenters. The lowest BCUT2D eigenvalue weighted by molar-refractivity contribution is 0.460. The maximum Gasteiger partial charge on any atom is 0.131 e. The highest BCUT2D eigenvalue weighted by Crippen LogP contribution is 2.30. The SMILES string of the molecule is Clc1cc(Oc2cccc(Oc3ccccc3)c2)ccc1CCCI. The van der Waals surface area contributed by atoms with Crippen molar-refractivity contribution < 1.29 is 9.47 Å². The molecule has 0 radical (unpaired) electrons. The van der Waals surface area contributed by atoms with Crippen molar-refractivity contribution in [3.05, 3.63) is 83.4 Å². The van der Waals surface area contributed by atoms with Crippen molar-refractivity contribution in [3.8, 4) is 23.0 Å². The van der Waals surface area contributed by atoms with Crippen LogP contribution in [-0.2, 0) is 6.42 Å². The number of hydrogen-bond donors (Lipinski definition) is 0. The maximum absolute atomic E-state index is 6.36. The molecular formula is C21H18ClIO2. The molecule has 3 rings (SSSR count). The van der Waals surface area contributed by atoms with Gasteiger partial charge < -0.3 is 9.47 Å². The molecule has 0 heterocycles. The Balaban J connectivity index is 1.70. The Morgan fingerprint density at radius 3 is 2.04 bits per heavy atom. The van der Waals surface area contributed by atoms with Crippen LogP contribution >= 0.6 is 34.2 Å². The highest BCUT2D eigenvalue weighted by atomic mass is 127. The van der Waals surface area contributed by atoms with Crippen LogP contribution in [0.5, 0.6) is 23.0 Å². The second kappa shape index (κ2) is 9.11. The molecule has 0 bridgehead atoms. The van der Waals surface area contributed by atoms with E-state index < -0.39 is 0 Å². The van der Waals surface area contributed by atoms with Crippen LogP contribution in [0.15, 0.2) is 72.8 Å². The summed E-state index contributed by atoms with van der Waals surface area (Å²) in [5.74, 6) is 2.96. The molecule has 0 N–H and O–H groups in total. The fourth-order valence-electron chi connectivity index (χ4n) is 2.41. The molecule has 0 atom stereocenters. The van der Waals surface area contributed by atoms with Crippen LogP contribution in [0.1, 0.15) is 12.0 Å². The molecule has 3 aromatic carbocycles.